The summed E-state index contributed by atoms with van der Waals surface area (Å²) in [7, 11) is 1.86. The normalized spacial score (nSPS) is 10.3. The summed E-state index contributed by atoms with van der Waals surface area (Å²) < 4.78 is 0. The van der Waals surface area contributed by atoms with Crippen LogP contribution in [0.3, 0.4) is 0 Å². The molecule has 0 aliphatic rings. The van der Waals surface area contributed by atoms with Gasteiger partial charge in [-0.3, -0.25) is 0 Å². The molecule has 0 saturated heterocycles. The Morgan fingerprint density at radius 2 is 1.74 bits per heavy atom. The lowest BCUT2D eigenvalue weighted by Crippen LogP contribution is -2.02. The third kappa shape index (κ3) is 3.22. The van der Waals surface area contributed by atoms with E-state index in [4.69, 9.17) is 0 Å². The molecule has 0 bridgehead atoms. The van der Waals surface area contributed by atoms with Crippen molar-refractivity contribution in [1.29, 1.82) is 0 Å². The van der Waals surface area contributed by atoms with Gasteiger partial charge in [-0.1, -0.05) is 25.5 Å². The van der Waals surface area contributed by atoms with Crippen molar-refractivity contribution < 1.29 is 0 Å². The van der Waals surface area contributed by atoms with Gasteiger partial charge < -0.3 is 10.6 Å². The lowest BCUT2D eigenvalue weighted by atomic mass is 10.1. The van der Waals surface area contributed by atoms with Crippen LogP contribution in [0.15, 0.2) is 30.6 Å². The molecule has 4 heteroatoms. The van der Waals surface area contributed by atoms with Gasteiger partial charge in [0.2, 0.25) is 0 Å². The van der Waals surface area contributed by atoms with Gasteiger partial charge in [0.05, 0.1) is 0 Å². The average molecular weight is 256 g/mol. The van der Waals surface area contributed by atoms with Gasteiger partial charge >= 0.3 is 0 Å². The third-order valence-electron chi connectivity index (χ3n) is 3.08. The first-order chi connectivity index (χ1) is 9.24. The molecule has 0 amide bonds. The molecule has 0 fully saturated rings. The molecule has 1 heterocycles. The highest BCUT2D eigenvalue weighted by molar-refractivity contribution is 5.64. The van der Waals surface area contributed by atoms with Crippen molar-refractivity contribution >= 4 is 17.3 Å². The van der Waals surface area contributed by atoms with Gasteiger partial charge in [0.1, 0.15) is 18.0 Å². The summed E-state index contributed by atoms with van der Waals surface area (Å²) in [5.41, 5.74) is 3.43. The number of nitrogens with zero attached hydrogens (tertiary/aromatic N) is 2. The van der Waals surface area contributed by atoms with Gasteiger partial charge in [0.15, 0.2) is 0 Å². The first-order valence-electron chi connectivity index (χ1n) is 6.60. The molecule has 1 aromatic heterocycles. The Hall–Kier alpha value is -2.10. The Kier molecular flexibility index (Phi) is 4.34. The van der Waals surface area contributed by atoms with E-state index in [2.05, 4.69) is 51.8 Å². The highest BCUT2D eigenvalue weighted by atomic mass is 15.1. The number of hydrogen-bond acceptors (Lipinski definition) is 4. The van der Waals surface area contributed by atoms with Gasteiger partial charge in [0, 0.05) is 18.3 Å². The van der Waals surface area contributed by atoms with Crippen molar-refractivity contribution in [3.63, 3.8) is 0 Å². The maximum Gasteiger partial charge on any atom is 0.138 e. The lowest BCUT2D eigenvalue weighted by molar-refractivity contribution is 0.922. The van der Waals surface area contributed by atoms with Crippen LogP contribution in [0.4, 0.5) is 17.3 Å². The quantitative estimate of drug-likeness (QED) is 0.859. The zero-order chi connectivity index (χ0) is 13.7. The SMILES string of the molecule is CCCc1ccc(Nc2ncnc(NC)c2C)cc1. The Bertz CT molecular complexity index is 534. The van der Waals surface area contributed by atoms with Crippen LogP contribution in [0.1, 0.15) is 24.5 Å². The second kappa shape index (κ2) is 6.18. The van der Waals surface area contributed by atoms with Crippen LogP contribution in [0.2, 0.25) is 0 Å². The van der Waals surface area contributed by atoms with E-state index in [0.29, 0.717) is 0 Å². The maximum atomic E-state index is 4.28. The van der Waals surface area contributed by atoms with E-state index in [1.54, 1.807) is 6.33 Å². The molecule has 0 spiro atoms. The molecular formula is C15H20N4. The van der Waals surface area contributed by atoms with Crippen LogP contribution >= 0.6 is 0 Å². The Balaban J connectivity index is 2.16. The molecule has 100 valence electrons. The molecule has 2 aromatic rings. The highest BCUT2D eigenvalue weighted by Gasteiger charge is 2.05. The number of aromatic nitrogens is 2. The topological polar surface area (TPSA) is 49.8 Å². The van der Waals surface area contributed by atoms with E-state index in [1.807, 2.05) is 14.0 Å². The molecule has 1 aromatic carbocycles. The summed E-state index contributed by atoms with van der Waals surface area (Å²) in [5, 5.41) is 6.38. The van der Waals surface area contributed by atoms with Gasteiger partial charge in [0.25, 0.3) is 0 Å². The fourth-order valence-electron chi connectivity index (χ4n) is 2.01. The van der Waals surface area contributed by atoms with Crippen LogP contribution in [0.5, 0.6) is 0 Å². The number of aryl methyl sites for hydroxylation is 1. The molecule has 0 atom stereocenters. The molecule has 0 aliphatic heterocycles. The number of hydrogen-bond donors (Lipinski definition) is 2. The summed E-state index contributed by atoms with van der Waals surface area (Å²) >= 11 is 0. The van der Waals surface area contributed by atoms with Crippen molar-refractivity contribution in [2.75, 3.05) is 17.7 Å². The zero-order valence-corrected chi connectivity index (χ0v) is 11.7. The van der Waals surface area contributed by atoms with Gasteiger partial charge in [-0.15, -0.1) is 0 Å². The van der Waals surface area contributed by atoms with Crippen LogP contribution < -0.4 is 10.6 Å². The summed E-state index contributed by atoms with van der Waals surface area (Å²) in [5.74, 6) is 1.68. The fraction of sp³-hybridized carbons (Fsp3) is 0.333. The number of benzene rings is 1. The van der Waals surface area contributed by atoms with Crippen molar-refractivity contribution in [3.8, 4) is 0 Å². The summed E-state index contributed by atoms with van der Waals surface area (Å²) in [6, 6.07) is 8.49. The molecule has 0 unspecified atom stereocenters. The van der Waals surface area contributed by atoms with E-state index in [-0.39, 0.29) is 0 Å². The first kappa shape index (κ1) is 13.3. The van der Waals surface area contributed by atoms with Crippen LogP contribution in [0, 0.1) is 6.92 Å². The van der Waals surface area contributed by atoms with Crippen molar-refractivity contribution in [2.45, 2.75) is 26.7 Å². The number of anilines is 3. The number of rotatable bonds is 5. The molecule has 4 nitrogen and oxygen atoms in total. The zero-order valence-electron chi connectivity index (χ0n) is 11.7. The molecule has 2 rings (SSSR count). The molecule has 0 saturated carbocycles. The van der Waals surface area contributed by atoms with E-state index in [1.165, 1.54) is 12.0 Å². The maximum absolute atomic E-state index is 4.28. The predicted molar refractivity (Wildman–Crippen MR) is 80.0 cm³/mol. The summed E-state index contributed by atoms with van der Waals surface area (Å²) in [4.78, 5) is 8.45. The fourth-order valence-corrected chi connectivity index (χ4v) is 2.01. The Morgan fingerprint density at radius 1 is 1.05 bits per heavy atom. The van der Waals surface area contributed by atoms with E-state index < -0.39 is 0 Å². The van der Waals surface area contributed by atoms with Crippen LogP contribution in [-0.4, -0.2) is 17.0 Å². The van der Waals surface area contributed by atoms with Gasteiger partial charge in [-0.2, -0.15) is 0 Å². The van der Waals surface area contributed by atoms with E-state index in [0.717, 1.165) is 29.3 Å². The minimum atomic E-state index is 0.836. The van der Waals surface area contributed by atoms with Gasteiger partial charge in [-0.05, 0) is 31.0 Å². The second-order valence-electron chi connectivity index (χ2n) is 4.52. The summed E-state index contributed by atoms with van der Waals surface area (Å²) in [6.45, 7) is 4.19. The van der Waals surface area contributed by atoms with Crippen molar-refractivity contribution in [2.24, 2.45) is 0 Å². The lowest BCUT2D eigenvalue weighted by Gasteiger charge is -2.11. The Morgan fingerprint density at radius 3 is 2.37 bits per heavy atom. The smallest absolute Gasteiger partial charge is 0.138 e. The second-order valence-corrected chi connectivity index (χ2v) is 4.52. The minimum Gasteiger partial charge on any atom is -0.373 e. The van der Waals surface area contributed by atoms with Crippen molar-refractivity contribution in [3.05, 3.63) is 41.7 Å². The van der Waals surface area contributed by atoms with Gasteiger partial charge in [-0.25, -0.2) is 9.97 Å². The van der Waals surface area contributed by atoms with E-state index in [9.17, 15) is 0 Å². The number of nitrogens with one attached hydrogen (secondary N) is 2. The standard InChI is InChI=1S/C15H20N4/c1-4-5-12-6-8-13(9-7-12)19-15-11(2)14(16-3)17-10-18-15/h6-10H,4-5H2,1-3H3,(H2,16,17,18,19). The summed E-state index contributed by atoms with van der Waals surface area (Å²) in [6.07, 6.45) is 3.85. The molecular weight excluding hydrogens is 236 g/mol. The Labute approximate surface area is 114 Å². The largest absolute Gasteiger partial charge is 0.373 e. The molecule has 0 radical (unpaired) electrons. The van der Waals surface area contributed by atoms with Crippen molar-refractivity contribution in [1.82, 2.24) is 9.97 Å². The predicted octanol–water partition coefficient (Wildman–Crippen LogP) is 3.52. The molecule has 19 heavy (non-hydrogen) atoms. The monoisotopic (exact) mass is 256 g/mol. The minimum absolute atomic E-state index is 0.836. The highest BCUT2D eigenvalue weighted by Crippen LogP contribution is 2.22. The molecule has 2 N–H and O–H groups in total. The van der Waals surface area contributed by atoms with Crippen LogP contribution in [0.25, 0.3) is 0 Å². The average Bonchev–Trinajstić information content (AvgIpc) is 2.43. The molecule has 0 aliphatic carbocycles. The third-order valence-corrected chi connectivity index (χ3v) is 3.08. The van der Waals surface area contributed by atoms with Crippen LogP contribution in [-0.2, 0) is 6.42 Å². The first-order valence-corrected chi connectivity index (χ1v) is 6.60. The van der Waals surface area contributed by atoms with E-state index >= 15 is 0 Å².